The van der Waals surface area contributed by atoms with Crippen molar-refractivity contribution in [3.05, 3.63) is 63.6 Å². The van der Waals surface area contributed by atoms with Gasteiger partial charge in [0, 0.05) is 23.8 Å². The van der Waals surface area contributed by atoms with E-state index in [1.807, 2.05) is 36.4 Å². The van der Waals surface area contributed by atoms with Gasteiger partial charge in [-0.3, -0.25) is 0 Å². The highest BCUT2D eigenvalue weighted by Gasteiger charge is 2.22. The number of benzene rings is 2. The Kier molecular flexibility index (Phi) is 4.54. The van der Waals surface area contributed by atoms with Gasteiger partial charge in [-0.25, -0.2) is 0 Å². The molecule has 112 valence electrons. The van der Waals surface area contributed by atoms with Crippen LogP contribution in [0.1, 0.15) is 17.2 Å². The Bertz CT molecular complexity index is 710. The molecule has 5 heteroatoms. The molecule has 1 fully saturated rings. The van der Waals surface area contributed by atoms with Crippen LogP contribution in [0, 0.1) is 11.3 Å². The predicted octanol–water partition coefficient (Wildman–Crippen LogP) is 4.44. The Hall–Kier alpha value is -1.73. The van der Waals surface area contributed by atoms with Crippen molar-refractivity contribution in [2.75, 3.05) is 24.6 Å². The van der Waals surface area contributed by atoms with Gasteiger partial charge < -0.3 is 9.64 Å². The zero-order valence-electron chi connectivity index (χ0n) is 11.8. The van der Waals surface area contributed by atoms with Crippen LogP contribution >= 0.6 is 23.2 Å². The highest BCUT2D eigenvalue weighted by molar-refractivity contribution is 6.32. The van der Waals surface area contributed by atoms with Gasteiger partial charge in [-0.2, -0.15) is 5.26 Å². The number of rotatable bonds is 2. The molecule has 0 aliphatic carbocycles. The second-order valence-electron chi connectivity index (χ2n) is 5.13. The van der Waals surface area contributed by atoms with Crippen molar-refractivity contribution in [2.45, 2.75) is 6.10 Å². The van der Waals surface area contributed by atoms with Crippen molar-refractivity contribution in [3.8, 4) is 6.07 Å². The van der Waals surface area contributed by atoms with Gasteiger partial charge >= 0.3 is 0 Å². The SMILES string of the molecule is N#Cc1ccc(N2CCOC(c3ccc(Cl)cc3)C2)cc1Cl. The zero-order chi connectivity index (χ0) is 15.5. The summed E-state index contributed by atoms with van der Waals surface area (Å²) in [7, 11) is 0. The van der Waals surface area contributed by atoms with Gasteiger partial charge in [-0.15, -0.1) is 0 Å². The molecule has 0 aromatic heterocycles. The fraction of sp³-hybridized carbons (Fsp3) is 0.235. The van der Waals surface area contributed by atoms with E-state index in [0.29, 0.717) is 17.2 Å². The van der Waals surface area contributed by atoms with Crippen molar-refractivity contribution in [1.29, 1.82) is 5.26 Å². The maximum Gasteiger partial charge on any atom is 0.101 e. The van der Waals surface area contributed by atoms with Crippen LogP contribution < -0.4 is 4.90 Å². The van der Waals surface area contributed by atoms with E-state index in [0.717, 1.165) is 29.4 Å². The lowest BCUT2D eigenvalue weighted by atomic mass is 10.1. The number of halogens is 2. The number of anilines is 1. The molecule has 1 saturated heterocycles. The molecule has 2 aromatic carbocycles. The lowest BCUT2D eigenvalue weighted by Gasteiger charge is -2.35. The Morgan fingerprint density at radius 2 is 1.91 bits per heavy atom. The highest BCUT2D eigenvalue weighted by Crippen LogP contribution is 2.29. The molecular formula is C17H14Cl2N2O. The molecule has 1 aliphatic heterocycles. The van der Waals surface area contributed by atoms with Crippen molar-refractivity contribution >= 4 is 28.9 Å². The molecule has 0 radical (unpaired) electrons. The Morgan fingerprint density at radius 1 is 1.14 bits per heavy atom. The number of hydrogen-bond acceptors (Lipinski definition) is 3. The molecule has 0 bridgehead atoms. The van der Waals surface area contributed by atoms with E-state index in [1.54, 1.807) is 6.07 Å². The zero-order valence-corrected chi connectivity index (χ0v) is 13.3. The molecule has 3 nitrogen and oxygen atoms in total. The molecule has 1 unspecified atom stereocenters. The molecular weight excluding hydrogens is 319 g/mol. The average Bonchev–Trinajstić information content (AvgIpc) is 2.55. The molecule has 22 heavy (non-hydrogen) atoms. The van der Waals surface area contributed by atoms with Crippen LogP contribution in [0.25, 0.3) is 0 Å². The lowest BCUT2D eigenvalue weighted by molar-refractivity contribution is 0.0398. The minimum atomic E-state index is 0.000403. The van der Waals surface area contributed by atoms with Crippen LogP contribution in [-0.2, 0) is 4.74 Å². The van der Waals surface area contributed by atoms with E-state index in [-0.39, 0.29) is 6.10 Å². The topological polar surface area (TPSA) is 36.3 Å². The van der Waals surface area contributed by atoms with Crippen LogP contribution in [0.15, 0.2) is 42.5 Å². The highest BCUT2D eigenvalue weighted by atomic mass is 35.5. The minimum Gasteiger partial charge on any atom is -0.370 e. The maximum atomic E-state index is 8.95. The van der Waals surface area contributed by atoms with Gasteiger partial charge in [-0.05, 0) is 35.9 Å². The van der Waals surface area contributed by atoms with Crippen LogP contribution in [0.2, 0.25) is 10.0 Å². The summed E-state index contributed by atoms with van der Waals surface area (Å²) in [5, 5.41) is 10.2. The largest absolute Gasteiger partial charge is 0.370 e. The maximum absolute atomic E-state index is 8.95. The van der Waals surface area contributed by atoms with E-state index in [1.165, 1.54) is 0 Å². The average molecular weight is 333 g/mol. The first kappa shape index (κ1) is 15.2. The van der Waals surface area contributed by atoms with Crippen LogP contribution in [0.3, 0.4) is 0 Å². The molecule has 0 N–H and O–H groups in total. The van der Waals surface area contributed by atoms with E-state index in [2.05, 4.69) is 11.0 Å². The summed E-state index contributed by atoms with van der Waals surface area (Å²) in [4.78, 5) is 2.22. The summed E-state index contributed by atoms with van der Waals surface area (Å²) < 4.78 is 5.86. The third-order valence-electron chi connectivity index (χ3n) is 3.75. The molecule has 0 saturated carbocycles. The summed E-state index contributed by atoms with van der Waals surface area (Å²) in [5.74, 6) is 0. The van der Waals surface area contributed by atoms with Gasteiger partial charge in [0.05, 0.1) is 17.2 Å². The monoisotopic (exact) mass is 332 g/mol. The minimum absolute atomic E-state index is 0.000403. The van der Waals surface area contributed by atoms with Crippen LogP contribution in [-0.4, -0.2) is 19.7 Å². The van der Waals surface area contributed by atoms with Gasteiger partial charge in [0.25, 0.3) is 0 Å². The Labute approximate surface area is 139 Å². The van der Waals surface area contributed by atoms with Crippen molar-refractivity contribution in [2.24, 2.45) is 0 Å². The first-order valence-electron chi connectivity index (χ1n) is 6.99. The van der Waals surface area contributed by atoms with Crippen molar-refractivity contribution in [1.82, 2.24) is 0 Å². The third-order valence-corrected chi connectivity index (χ3v) is 4.31. The molecule has 1 heterocycles. The Balaban J connectivity index is 1.79. The molecule has 3 rings (SSSR count). The van der Waals surface area contributed by atoms with E-state index in [4.69, 9.17) is 33.2 Å². The van der Waals surface area contributed by atoms with E-state index >= 15 is 0 Å². The predicted molar refractivity (Wildman–Crippen MR) is 88.5 cm³/mol. The molecule has 1 aliphatic rings. The smallest absolute Gasteiger partial charge is 0.101 e. The summed E-state index contributed by atoms with van der Waals surface area (Å²) in [6, 6.07) is 15.3. The summed E-state index contributed by atoms with van der Waals surface area (Å²) in [5.41, 5.74) is 2.60. The second-order valence-corrected chi connectivity index (χ2v) is 5.98. The first-order valence-corrected chi connectivity index (χ1v) is 7.74. The third kappa shape index (κ3) is 3.20. The quantitative estimate of drug-likeness (QED) is 0.815. The standard InChI is InChI=1S/C17H14Cl2N2O/c18-14-4-1-12(2-5-14)17-11-21(7-8-22-17)15-6-3-13(10-20)16(19)9-15/h1-6,9,17H,7-8,11H2. The molecule has 0 spiro atoms. The summed E-state index contributed by atoms with van der Waals surface area (Å²) in [6.45, 7) is 2.18. The van der Waals surface area contributed by atoms with Gasteiger partial charge in [0.1, 0.15) is 12.2 Å². The lowest BCUT2D eigenvalue weighted by Crippen LogP contribution is -2.38. The number of nitrogens with zero attached hydrogens (tertiary/aromatic N) is 2. The normalized spacial score (nSPS) is 18.0. The number of nitriles is 1. The van der Waals surface area contributed by atoms with Gasteiger partial charge in [0.2, 0.25) is 0 Å². The second kappa shape index (κ2) is 6.58. The fourth-order valence-corrected chi connectivity index (χ4v) is 2.90. The van der Waals surface area contributed by atoms with Crippen LogP contribution in [0.5, 0.6) is 0 Å². The van der Waals surface area contributed by atoms with E-state index < -0.39 is 0 Å². The fourth-order valence-electron chi connectivity index (χ4n) is 2.55. The van der Waals surface area contributed by atoms with E-state index in [9.17, 15) is 0 Å². The van der Waals surface area contributed by atoms with Crippen molar-refractivity contribution < 1.29 is 4.74 Å². The van der Waals surface area contributed by atoms with Crippen LogP contribution in [0.4, 0.5) is 5.69 Å². The number of ether oxygens (including phenoxy) is 1. The summed E-state index contributed by atoms with van der Waals surface area (Å²) in [6.07, 6.45) is 0.000403. The van der Waals surface area contributed by atoms with Crippen molar-refractivity contribution in [3.63, 3.8) is 0 Å². The molecule has 2 aromatic rings. The first-order chi connectivity index (χ1) is 10.7. The van der Waals surface area contributed by atoms with Gasteiger partial charge in [-0.1, -0.05) is 35.3 Å². The molecule has 0 amide bonds. The number of hydrogen-bond donors (Lipinski definition) is 0. The Morgan fingerprint density at radius 3 is 2.59 bits per heavy atom. The molecule has 1 atom stereocenters. The number of morpholine rings is 1. The van der Waals surface area contributed by atoms with Gasteiger partial charge in [0.15, 0.2) is 0 Å². The summed E-state index contributed by atoms with van der Waals surface area (Å²) >= 11 is 12.1.